The molecule has 1 fully saturated rings. The minimum atomic E-state index is -0.564. The van der Waals surface area contributed by atoms with Gasteiger partial charge in [0.2, 0.25) is 0 Å². The number of carbonyl (C=O) groups excluding carboxylic acids is 1. The molecule has 0 aromatic heterocycles. The molecule has 0 aliphatic heterocycles. The van der Waals surface area contributed by atoms with E-state index in [2.05, 4.69) is 28.2 Å². The second-order valence-corrected chi connectivity index (χ2v) is 6.24. The van der Waals surface area contributed by atoms with Crippen molar-refractivity contribution in [2.45, 2.75) is 45.1 Å². The molecular weight excluding hydrogens is 318 g/mol. The molecule has 1 aliphatic rings. The van der Waals surface area contributed by atoms with Crippen LogP contribution in [-0.2, 0) is 9.53 Å². The smallest absolute Gasteiger partial charge is 0.332 e. The summed E-state index contributed by atoms with van der Waals surface area (Å²) in [7, 11) is 0. The lowest BCUT2D eigenvalue weighted by atomic mass is 9.84. The van der Waals surface area contributed by atoms with Crippen LogP contribution in [0.1, 0.15) is 39.5 Å². The van der Waals surface area contributed by atoms with E-state index in [-0.39, 0.29) is 5.97 Å². The predicted octanol–water partition coefficient (Wildman–Crippen LogP) is 4.37. The van der Waals surface area contributed by atoms with Crippen molar-refractivity contribution in [1.29, 1.82) is 0 Å². The second kappa shape index (κ2) is 6.61. The Hall–Kier alpha value is -1.03. The Morgan fingerprint density at radius 1 is 1.50 bits per heavy atom. The zero-order valence-electron chi connectivity index (χ0n) is 12.1. The maximum atomic E-state index is 12.5. The Balaban J connectivity index is 2.29. The number of carbonyl (C=O) groups is 1. The number of anilines is 1. The van der Waals surface area contributed by atoms with Crippen molar-refractivity contribution in [2.24, 2.45) is 5.92 Å². The van der Waals surface area contributed by atoms with Crippen LogP contribution < -0.4 is 5.32 Å². The van der Waals surface area contributed by atoms with E-state index in [1.165, 1.54) is 0 Å². The standard InChI is InChI=1S/C16H22BrNO2/c1-3-12-7-6-10-16(12,15(19)20-4-2)18-14-9-5-8-13(17)11-14/h5,8-9,11-12,18H,3-4,6-7,10H2,1-2H3. The predicted molar refractivity (Wildman–Crippen MR) is 84.8 cm³/mol. The summed E-state index contributed by atoms with van der Waals surface area (Å²) in [6.45, 7) is 4.43. The van der Waals surface area contributed by atoms with E-state index in [9.17, 15) is 4.79 Å². The number of hydrogen-bond acceptors (Lipinski definition) is 3. The van der Waals surface area contributed by atoms with Crippen LogP contribution in [0.5, 0.6) is 0 Å². The highest BCUT2D eigenvalue weighted by Gasteiger charge is 2.49. The van der Waals surface area contributed by atoms with E-state index in [1.807, 2.05) is 31.2 Å². The topological polar surface area (TPSA) is 38.3 Å². The van der Waals surface area contributed by atoms with Gasteiger partial charge in [0.05, 0.1) is 6.61 Å². The van der Waals surface area contributed by atoms with Gasteiger partial charge in [-0.15, -0.1) is 0 Å². The van der Waals surface area contributed by atoms with E-state index in [0.717, 1.165) is 35.8 Å². The van der Waals surface area contributed by atoms with Gasteiger partial charge in [-0.3, -0.25) is 0 Å². The van der Waals surface area contributed by atoms with Gasteiger partial charge in [0.15, 0.2) is 0 Å². The van der Waals surface area contributed by atoms with Crippen molar-refractivity contribution in [2.75, 3.05) is 11.9 Å². The van der Waals surface area contributed by atoms with Gasteiger partial charge in [-0.2, -0.15) is 0 Å². The minimum Gasteiger partial charge on any atom is -0.464 e. The summed E-state index contributed by atoms with van der Waals surface area (Å²) in [5.41, 5.74) is 0.402. The average Bonchev–Trinajstić information content (AvgIpc) is 2.83. The molecule has 110 valence electrons. The first-order chi connectivity index (χ1) is 9.62. The Morgan fingerprint density at radius 2 is 2.30 bits per heavy atom. The Morgan fingerprint density at radius 3 is 2.95 bits per heavy atom. The van der Waals surface area contributed by atoms with Gasteiger partial charge < -0.3 is 10.1 Å². The quantitative estimate of drug-likeness (QED) is 0.809. The number of benzene rings is 1. The summed E-state index contributed by atoms with van der Waals surface area (Å²) in [6, 6.07) is 7.96. The number of nitrogens with one attached hydrogen (secondary N) is 1. The molecule has 3 nitrogen and oxygen atoms in total. The van der Waals surface area contributed by atoms with Crippen LogP contribution in [0.4, 0.5) is 5.69 Å². The maximum Gasteiger partial charge on any atom is 0.332 e. The van der Waals surface area contributed by atoms with Crippen molar-refractivity contribution in [3.8, 4) is 0 Å². The van der Waals surface area contributed by atoms with Gasteiger partial charge in [-0.05, 0) is 43.9 Å². The van der Waals surface area contributed by atoms with Gasteiger partial charge >= 0.3 is 5.97 Å². The van der Waals surface area contributed by atoms with Crippen LogP contribution in [0.3, 0.4) is 0 Å². The van der Waals surface area contributed by atoms with Crippen molar-refractivity contribution >= 4 is 27.6 Å². The van der Waals surface area contributed by atoms with Crippen LogP contribution in [0.2, 0.25) is 0 Å². The fraction of sp³-hybridized carbons (Fsp3) is 0.562. The highest BCUT2D eigenvalue weighted by atomic mass is 79.9. The van der Waals surface area contributed by atoms with Gasteiger partial charge in [-0.25, -0.2) is 4.79 Å². The molecule has 1 aromatic carbocycles. The third-order valence-corrected chi connectivity index (χ3v) is 4.64. The third-order valence-electron chi connectivity index (χ3n) is 4.15. The van der Waals surface area contributed by atoms with E-state index in [1.54, 1.807) is 0 Å². The molecule has 1 saturated carbocycles. The Bertz CT molecular complexity index is 477. The summed E-state index contributed by atoms with van der Waals surface area (Å²) in [5.74, 6) is 0.227. The lowest BCUT2D eigenvalue weighted by Crippen LogP contribution is -2.50. The zero-order chi connectivity index (χ0) is 14.6. The first kappa shape index (κ1) is 15.4. The first-order valence-electron chi connectivity index (χ1n) is 7.33. The van der Waals surface area contributed by atoms with E-state index >= 15 is 0 Å². The molecule has 0 amide bonds. The van der Waals surface area contributed by atoms with Gasteiger partial charge in [0.1, 0.15) is 5.54 Å². The summed E-state index contributed by atoms with van der Waals surface area (Å²) in [4.78, 5) is 12.5. The van der Waals surface area contributed by atoms with Crippen molar-refractivity contribution in [3.63, 3.8) is 0 Å². The normalized spacial score (nSPS) is 25.4. The lowest BCUT2D eigenvalue weighted by Gasteiger charge is -2.34. The molecule has 0 heterocycles. The maximum absolute atomic E-state index is 12.5. The molecular formula is C16H22BrNO2. The summed E-state index contributed by atoms with van der Waals surface area (Å²) < 4.78 is 6.36. The number of hydrogen-bond donors (Lipinski definition) is 1. The van der Waals surface area contributed by atoms with E-state index in [0.29, 0.717) is 12.5 Å². The third kappa shape index (κ3) is 3.00. The highest BCUT2D eigenvalue weighted by Crippen LogP contribution is 2.41. The van der Waals surface area contributed by atoms with Crippen molar-refractivity contribution in [3.05, 3.63) is 28.7 Å². The van der Waals surface area contributed by atoms with E-state index in [4.69, 9.17) is 4.74 Å². The monoisotopic (exact) mass is 339 g/mol. The summed E-state index contributed by atoms with van der Waals surface area (Å²) in [6.07, 6.45) is 3.98. The molecule has 2 rings (SSSR count). The lowest BCUT2D eigenvalue weighted by molar-refractivity contribution is -0.150. The van der Waals surface area contributed by atoms with Crippen LogP contribution in [0.25, 0.3) is 0 Å². The fourth-order valence-electron chi connectivity index (χ4n) is 3.20. The molecule has 1 aliphatic carbocycles. The molecule has 2 unspecified atom stereocenters. The summed E-state index contributed by atoms with van der Waals surface area (Å²) >= 11 is 3.47. The largest absolute Gasteiger partial charge is 0.464 e. The molecule has 0 radical (unpaired) electrons. The van der Waals surface area contributed by atoms with Crippen LogP contribution in [0.15, 0.2) is 28.7 Å². The van der Waals surface area contributed by atoms with Crippen LogP contribution in [0, 0.1) is 5.92 Å². The second-order valence-electron chi connectivity index (χ2n) is 5.32. The number of rotatable bonds is 5. The number of ether oxygens (including phenoxy) is 1. The number of halogens is 1. The molecule has 4 heteroatoms. The SMILES string of the molecule is CCOC(=O)C1(Nc2cccc(Br)c2)CCCC1CC. The molecule has 0 spiro atoms. The minimum absolute atomic E-state index is 0.107. The summed E-state index contributed by atoms with van der Waals surface area (Å²) in [5, 5.41) is 3.48. The highest BCUT2D eigenvalue weighted by molar-refractivity contribution is 9.10. The van der Waals surface area contributed by atoms with Crippen LogP contribution >= 0.6 is 15.9 Å². The molecule has 20 heavy (non-hydrogen) atoms. The molecule has 1 aromatic rings. The number of esters is 1. The molecule has 0 bridgehead atoms. The zero-order valence-corrected chi connectivity index (χ0v) is 13.7. The fourth-order valence-corrected chi connectivity index (χ4v) is 3.60. The first-order valence-corrected chi connectivity index (χ1v) is 8.12. The van der Waals surface area contributed by atoms with Crippen molar-refractivity contribution in [1.82, 2.24) is 0 Å². The van der Waals surface area contributed by atoms with Crippen LogP contribution in [-0.4, -0.2) is 18.1 Å². The Kier molecular flexibility index (Phi) is 5.08. The van der Waals surface area contributed by atoms with E-state index < -0.39 is 5.54 Å². The van der Waals surface area contributed by atoms with Gasteiger partial charge in [0, 0.05) is 10.2 Å². The molecule has 1 N–H and O–H groups in total. The molecule has 2 atom stereocenters. The van der Waals surface area contributed by atoms with Crippen molar-refractivity contribution < 1.29 is 9.53 Å². The Labute approximate surface area is 129 Å². The van der Waals surface area contributed by atoms with Gasteiger partial charge in [-0.1, -0.05) is 41.8 Å². The molecule has 0 saturated heterocycles. The van der Waals surface area contributed by atoms with Gasteiger partial charge in [0.25, 0.3) is 0 Å². The average molecular weight is 340 g/mol.